The van der Waals surface area contributed by atoms with E-state index in [4.69, 9.17) is 10.7 Å². The second-order valence-corrected chi connectivity index (χ2v) is 9.84. The van der Waals surface area contributed by atoms with Crippen LogP contribution in [0, 0.1) is 12.8 Å². The lowest BCUT2D eigenvalue weighted by molar-refractivity contribution is 0.100. The van der Waals surface area contributed by atoms with Crippen LogP contribution < -0.4 is 10.6 Å². The number of piperidine rings is 1. The molecule has 0 bridgehead atoms. The maximum absolute atomic E-state index is 11.9. The molecule has 1 aliphatic rings. The molecule has 1 aromatic heterocycles. The maximum atomic E-state index is 11.9. The minimum atomic E-state index is -0.409. The lowest BCUT2D eigenvalue weighted by atomic mass is 9.90. The van der Waals surface area contributed by atoms with Gasteiger partial charge in [-0.25, -0.2) is 0 Å². The summed E-state index contributed by atoms with van der Waals surface area (Å²) in [4.78, 5) is 21.6. The van der Waals surface area contributed by atoms with Crippen molar-refractivity contribution >= 4 is 28.2 Å². The van der Waals surface area contributed by atoms with E-state index < -0.39 is 5.91 Å². The molecule has 1 amide bonds. The fourth-order valence-electron chi connectivity index (χ4n) is 5.33. The number of fused-ring (bicyclic) bond motifs is 1. The van der Waals surface area contributed by atoms with E-state index in [1.54, 1.807) is 6.07 Å². The number of anilines is 2. The van der Waals surface area contributed by atoms with E-state index in [2.05, 4.69) is 70.5 Å². The number of amides is 1. The first-order valence-electron chi connectivity index (χ1n) is 12.9. The molecule has 1 fully saturated rings. The Hall–Kier alpha value is -3.70. The van der Waals surface area contributed by atoms with Gasteiger partial charge in [-0.2, -0.15) is 0 Å². The van der Waals surface area contributed by atoms with E-state index >= 15 is 0 Å². The molecule has 2 heterocycles. The topological polar surface area (TPSA) is 62.5 Å². The molecule has 184 valence electrons. The number of hydrogen-bond donors (Lipinski definition) is 1. The van der Waals surface area contributed by atoms with E-state index in [1.165, 1.54) is 24.8 Å². The van der Waals surface area contributed by atoms with E-state index in [1.807, 2.05) is 25.1 Å². The van der Waals surface area contributed by atoms with Gasteiger partial charge in [-0.05, 0) is 81.1 Å². The number of likely N-dealkylation sites (tertiary alicyclic amines) is 1. The summed E-state index contributed by atoms with van der Waals surface area (Å²) >= 11 is 0. The zero-order valence-electron chi connectivity index (χ0n) is 20.9. The summed E-state index contributed by atoms with van der Waals surface area (Å²) in [6.45, 7) is 6.03. The Morgan fingerprint density at radius 3 is 2.50 bits per heavy atom. The molecular weight excluding hydrogens is 444 g/mol. The van der Waals surface area contributed by atoms with Crippen molar-refractivity contribution in [1.82, 2.24) is 9.88 Å². The second-order valence-electron chi connectivity index (χ2n) is 9.84. The van der Waals surface area contributed by atoms with Crippen molar-refractivity contribution < 1.29 is 4.79 Å². The third kappa shape index (κ3) is 5.58. The summed E-state index contributed by atoms with van der Waals surface area (Å²) < 4.78 is 0. The molecule has 36 heavy (non-hydrogen) atoms. The average molecular weight is 479 g/mol. The van der Waals surface area contributed by atoms with Gasteiger partial charge in [0.25, 0.3) is 0 Å². The van der Waals surface area contributed by atoms with Crippen molar-refractivity contribution in [3.05, 3.63) is 102 Å². The van der Waals surface area contributed by atoms with Crippen LogP contribution in [0.25, 0.3) is 10.9 Å². The zero-order chi connectivity index (χ0) is 24.9. The second kappa shape index (κ2) is 10.9. The highest BCUT2D eigenvalue weighted by atomic mass is 16.1. The maximum Gasteiger partial charge on any atom is 0.248 e. The van der Waals surface area contributed by atoms with Crippen LogP contribution in [-0.4, -0.2) is 42.0 Å². The Balaban J connectivity index is 1.35. The number of pyridine rings is 1. The number of benzene rings is 3. The molecule has 0 saturated carbocycles. The van der Waals surface area contributed by atoms with Gasteiger partial charge < -0.3 is 15.5 Å². The van der Waals surface area contributed by atoms with Crippen molar-refractivity contribution in [2.75, 3.05) is 31.1 Å². The van der Waals surface area contributed by atoms with Crippen molar-refractivity contribution in [3.8, 4) is 0 Å². The Morgan fingerprint density at radius 1 is 0.972 bits per heavy atom. The molecule has 0 unspecified atom stereocenters. The third-order valence-corrected chi connectivity index (χ3v) is 7.27. The lowest BCUT2D eigenvalue weighted by Gasteiger charge is -2.34. The smallest absolute Gasteiger partial charge is 0.248 e. The van der Waals surface area contributed by atoms with Crippen molar-refractivity contribution in [2.45, 2.75) is 26.2 Å². The van der Waals surface area contributed by atoms with Crippen LogP contribution in [0.5, 0.6) is 0 Å². The van der Waals surface area contributed by atoms with Gasteiger partial charge >= 0.3 is 0 Å². The van der Waals surface area contributed by atoms with Crippen LogP contribution in [0.4, 0.5) is 11.4 Å². The molecule has 0 spiro atoms. The highest BCUT2D eigenvalue weighted by molar-refractivity contribution is 5.96. The van der Waals surface area contributed by atoms with Gasteiger partial charge in [0.05, 0.1) is 11.2 Å². The fourth-order valence-corrected chi connectivity index (χ4v) is 5.33. The molecule has 5 rings (SSSR count). The molecule has 3 aromatic carbocycles. The lowest BCUT2D eigenvalue weighted by Crippen LogP contribution is -2.39. The van der Waals surface area contributed by atoms with Gasteiger partial charge in [0, 0.05) is 35.4 Å². The van der Waals surface area contributed by atoms with E-state index in [0.717, 1.165) is 60.1 Å². The molecule has 5 heteroatoms. The standard InChI is InChI=1S/C31H34N4O/c1-23-20-30(28-12-5-6-13-29(28)33-23)35(27-11-7-10-26(22-27)31(32)36)19-18-34-16-14-25(15-17-34)21-24-8-3-2-4-9-24/h2-13,20,22,25H,14-19,21H2,1H3,(H2,32,36). The first-order valence-corrected chi connectivity index (χ1v) is 12.9. The van der Waals surface area contributed by atoms with Gasteiger partial charge in [-0.1, -0.05) is 54.6 Å². The van der Waals surface area contributed by atoms with Gasteiger partial charge in [-0.3, -0.25) is 9.78 Å². The Kier molecular flexibility index (Phi) is 7.28. The summed E-state index contributed by atoms with van der Waals surface area (Å²) in [5.41, 5.74) is 11.6. The minimum Gasteiger partial charge on any atom is -0.366 e. The number of primary amides is 1. The number of nitrogens with two attached hydrogens (primary N) is 1. The van der Waals surface area contributed by atoms with Crippen LogP contribution in [0.15, 0.2) is 84.9 Å². The predicted octanol–water partition coefficient (Wildman–Crippen LogP) is 5.73. The molecule has 4 aromatic rings. The molecular formula is C31H34N4O. The van der Waals surface area contributed by atoms with Crippen molar-refractivity contribution in [2.24, 2.45) is 11.7 Å². The SMILES string of the molecule is Cc1cc(N(CCN2CCC(Cc3ccccc3)CC2)c2cccc(C(N)=O)c2)c2ccccc2n1. The zero-order valence-corrected chi connectivity index (χ0v) is 20.9. The number of hydrogen-bond acceptors (Lipinski definition) is 4. The van der Waals surface area contributed by atoms with E-state index in [0.29, 0.717) is 5.56 Å². The molecule has 0 aliphatic carbocycles. The van der Waals surface area contributed by atoms with Crippen molar-refractivity contribution in [3.63, 3.8) is 0 Å². The van der Waals surface area contributed by atoms with Gasteiger partial charge in [0.2, 0.25) is 5.91 Å². The summed E-state index contributed by atoms with van der Waals surface area (Å²) in [5, 5.41) is 1.11. The van der Waals surface area contributed by atoms with E-state index in [9.17, 15) is 4.79 Å². The molecule has 2 N–H and O–H groups in total. The summed E-state index contributed by atoms with van der Waals surface area (Å²) in [7, 11) is 0. The Morgan fingerprint density at radius 2 is 1.72 bits per heavy atom. The number of aryl methyl sites for hydroxylation is 1. The Labute approximate surface area is 213 Å². The van der Waals surface area contributed by atoms with Crippen LogP contribution in [-0.2, 0) is 6.42 Å². The molecule has 5 nitrogen and oxygen atoms in total. The number of carbonyl (C=O) groups is 1. The monoisotopic (exact) mass is 478 g/mol. The van der Waals surface area contributed by atoms with Gasteiger partial charge in [0.15, 0.2) is 0 Å². The van der Waals surface area contributed by atoms with Crippen LogP contribution in [0.1, 0.15) is 34.5 Å². The number of rotatable bonds is 8. The predicted molar refractivity (Wildman–Crippen MR) is 148 cm³/mol. The third-order valence-electron chi connectivity index (χ3n) is 7.27. The first kappa shape index (κ1) is 24.0. The van der Waals surface area contributed by atoms with Crippen molar-refractivity contribution in [1.29, 1.82) is 0 Å². The van der Waals surface area contributed by atoms with E-state index in [-0.39, 0.29) is 0 Å². The molecule has 1 aliphatic heterocycles. The average Bonchev–Trinajstić information content (AvgIpc) is 2.90. The number of para-hydroxylation sites is 1. The minimum absolute atomic E-state index is 0.409. The quantitative estimate of drug-likeness (QED) is 0.351. The molecule has 0 atom stereocenters. The number of aromatic nitrogens is 1. The largest absolute Gasteiger partial charge is 0.366 e. The van der Waals surface area contributed by atoms with Gasteiger partial charge in [-0.15, -0.1) is 0 Å². The summed E-state index contributed by atoms with van der Waals surface area (Å²) in [5.74, 6) is 0.340. The van der Waals surface area contributed by atoms with Crippen LogP contribution in [0.3, 0.4) is 0 Å². The molecule has 1 saturated heterocycles. The number of carbonyl (C=O) groups excluding carboxylic acids is 1. The summed E-state index contributed by atoms with van der Waals surface area (Å²) in [6.07, 6.45) is 3.62. The van der Waals surface area contributed by atoms with Gasteiger partial charge in [0.1, 0.15) is 0 Å². The fraction of sp³-hybridized carbons (Fsp3) is 0.290. The Bertz CT molecular complexity index is 1330. The molecule has 0 radical (unpaired) electrons. The summed E-state index contributed by atoms with van der Waals surface area (Å²) in [6, 6.07) is 28.9. The van der Waals surface area contributed by atoms with Crippen LogP contribution in [0.2, 0.25) is 0 Å². The first-order chi connectivity index (χ1) is 17.6. The van der Waals surface area contributed by atoms with Crippen LogP contribution >= 0.6 is 0 Å². The normalized spacial score (nSPS) is 14.7. The highest BCUT2D eigenvalue weighted by Crippen LogP contribution is 2.33. The highest BCUT2D eigenvalue weighted by Gasteiger charge is 2.21. The number of nitrogens with zero attached hydrogens (tertiary/aromatic N) is 3.